The second-order valence-corrected chi connectivity index (χ2v) is 5.20. The number of nitrogens with zero attached hydrogens (tertiary/aromatic N) is 2. The summed E-state index contributed by atoms with van der Waals surface area (Å²) in [5.74, 6) is 0.405. The smallest absolute Gasteiger partial charge is 0.245 e. The van der Waals surface area contributed by atoms with E-state index in [-0.39, 0.29) is 24.3 Å². The summed E-state index contributed by atoms with van der Waals surface area (Å²) in [4.78, 5) is 25.6. The molecule has 6 heteroatoms. The minimum absolute atomic E-state index is 0.0174. The third-order valence-corrected chi connectivity index (χ3v) is 2.76. The van der Waals surface area contributed by atoms with Gasteiger partial charge in [0.05, 0.1) is 6.54 Å². The first-order valence-electron chi connectivity index (χ1n) is 7.01. The summed E-state index contributed by atoms with van der Waals surface area (Å²) >= 11 is 0. The average molecular weight is 281 g/mol. The van der Waals surface area contributed by atoms with Crippen LogP contribution in [0.2, 0.25) is 0 Å². The predicted octanol–water partition coefficient (Wildman–Crippen LogP) is 2.29. The first-order chi connectivity index (χ1) is 9.52. The van der Waals surface area contributed by atoms with E-state index in [0.29, 0.717) is 18.8 Å². The van der Waals surface area contributed by atoms with Gasteiger partial charge in [0.1, 0.15) is 6.26 Å². The number of amides is 2. The van der Waals surface area contributed by atoms with Gasteiger partial charge in [-0.3, -0.25) is 9.59 Å². The molecular formula is C14H23N3O3. The highest BCUT2D eigenvalue weighted by Gasteiger charge is 2.18. The fourth-order valence-corrected chi connectivity index (χ4v) is 1.75. The Hall–Kier alpha value is -1.85. The molecule has 0 saturated carbocycles. The van der Waals surface area contributed by atoms with Crippen LogP contribution in [0.1, 0.15) is 40.0 Å². The third kappa shape index (κ3) is 5.86. The quantitative estimate of drug-likeness (QED) is 0.793. The van der Waals surface area contributed by atoms with E-state index in [9.17, 15) is 9.59 Å². The lowest BCUT2D eigenvalue weighted by molar-refractivity contribution is -0.135. The van der Waals surface area contributed by atoms with Gasteiger partial charge < -0.3 is 14.7 Å². The van der Waals surface area contributed by atoms with E-state index in [2.05, 4.69) is 21.9 Å². The molecule has 0 bridgehead atoms. The zero-order valence-electron chi connectivity index (χ0n) is 12.4. The molecule has 0 saturated heterocycles. The normalized spacial score (nSPS) is 10.6. The molecule has 2 amide bonds. The average Bonchev–Trinajstić information content (AvgIpc) is 2.86. The van der Waals surface area contributed by atoms with Gasteiger partial charge in [-0.25, -0.2) is 0 Å². The van der Waals surface area contributed by atoms with Gasteiger partial charge in [-0.1, -0.05) is 32.3 Å². The maximum Gasteiger partial charge on any atom is 0.245 e. The number of hydrogen-bond acceptors (Lipinski definition) is 4. The highest BCUT2D eigenvalue weighted by Crippen LogP contribution is 2.07. The molecule has 1 heterocycles. The summed E-state index contributed by atoms with van der Waals surface area (Å²) in [6.07, 6.45) is 3.72. The molecule has 0 spiro atoms. The van der Waals surface area contributed by atoms with Crippen LogP contribution >= 0.6 is 0 Å². The summed E-state index contributed by atoms with van der Waals surface area (Å²) in [7, 11) is 0. The number of anilines is 1. The SMILES string of the molecule is CCCCN(CC(=O)Nc1ccon1)C(=O)CC(C)C. The minimum Gasteiger partial charge on any atom is -0.363 e. The van der Waals surface area contributed by atoms with Crippen LogP contribution in [0.25, 0.3) is 0 Å². The van der Waals surface area contributed by atoms with E-state index in [4.69, 9.17) is 0 Å². The van der Waals surface area contributed by atoms with Gasteiger partial charge in [0.2, 0.25) is 11.8 Å². The van der Waals surface area contributed by atoms with Crippen molar-refractivity contribution in [3.05, 3.63) is 12.3 Å². The molecule has 0 radical (unpaired) electrons. The van der Waals surface area contributed by atoms with Crippen LogP contribution in [0.4, 0.5) is 5.82 Å². The van der Waals surface area contributed by atoms with Crippen LogP contribution in [-0.2, 0) is 9.59 Å². The van der Waals surface area contributed by atoms with Crippen LogP contribution in [0.3, 0.4) is 0 Å². The zero-order chi connectivity index (χ0) is 15.0. The molecule has 0 aliphatic heterocycles. The van der Waals surface area contributed by atoms with Crippen molar-refractivity contribution in [2.45, 2.75) is 40.0 Å². The molecule has 6 nitrogen and oxygen atoms in total. The highest BCUT2D eigenvalue weighted by atomic mass is 16.5. The largest absolute Gasteiger partial charge is 0.363 e. The van der Waals surface area contributed by atoms with Crippen molar-refractivity contribution in [1.29, 1.82) is 0 Å². The lowest BCUT2D eigenvalue weighted by Gasteiger charge is -2.22. The van der Waals surface area contributed by atoms with Gasteiger partial charge in [0.25, 0.3) is 0 Å². The van der Waals surface area contributed by atoms with Gasteiger partial charge in [-0.15, -0.1) is 0 Å². The van der Waals surface area contributed by atoms with Crippen molar-refractivity contribution in [2.24, 2.45) is 5.92 Å². The summed E-state index contributed by atoms with van der Waals surface area (Å²) in [6, 6.07) is 1.56. The van der Waals surface area contributed by atoms with E-state index < -0.39 is 0 Å². The molecule has 1 aromatic heterocycles. The first kappa shape index (κ1) is 16.2. The van der Waals surface area contributed by atoms with Gasteiger partial charge in [-0.05, 0) is 12.3 Å². The molecule has 0 atom stereocenters. The van der Waals surface area contributed by atoms with Crippen LogP contribution in [-0.4, -0.2) is 35.0 Å². The van der Waals surface area contributed by atoms with Crippen LogP contribution in [0, 0.1) is 5.92 Å². The van der Waals surface area contributed by atoms with Gasteiger partial charge >= 0.3 is 0 Å². The molecule has 0 aromatic carbocycles. The first-order valence-corrected chi connectivity index (χ1v) is 7.01. The predicted molar refractivity (Wildman–Crippen MR) is 76.1 cm³/mol. The lowest BCUT2D eigenvalue weighted by atomic mass is 10.1. The standard InChI is InChI=1S/C14H23N3O3/c1-4-5-7-17(14(19)9-11(2)3)10-13(18)15-12-6-8-20-16-12/h6,8,11H,4-5,7,9-10H2,1-3H3,(H,15,16,18). The Morgan fingerprint density at radius 2 is 2.20 bits per heavy atom. The Balaban J connectivity index is 2.54. The Morgan fingerprint density at radius 1 is 1.45 bits per heavy atom. The second-order valence-electron chi connectivity index (χ2n) is 5.20. The summed E-state index contributed by atoms with van der Waals surface area (Å²) in [6.45, 7) is 6.70. The van der Waals surface area contributed by atoms with Crippen molar-refractivity contribution >= 4 is 17.6 Å². The molecule has 1 N–H and O–H groups in total. The lowest BCUT2D eigenvalue weighted by Crippen LogP contribution is -2.39. The van der Waals surface area contributed by atoms with Crippen molar-refractivity contribution in [2.75, 3.05) is 18.4 Å². The van der Waals surface area contributed by atoms with Crippen LogP contribution in [0.5, 0.6) is 0 Å². The summed E-state index contributed by atoms with van der Waals surface area (Å²) in [5, 5.41) is 6.21. The number of rotatable bonds is 8. The Kier molecular flexibility index (Phi) is 6.76. The monoisotopic (exact) mass is 281 g/mol. The maximum atomic E-state index is 12.1. The van der Waals surface area contributed by atoms with E-state index in [1.165, 1.54) is 6.26 Å². The zero-order valence-corrected chi connectivity index (χ0v) is 12.4. The molecule has 0 aliphatic rings. The highest BCUT2D eigenvalue weighted by molar-refractivity contribution is 5.93. The van der Waals surface area contributed by atoms with Gasteiger partial charge in [-0.2, -0.15) is 0 Å². The minimum atomic E-state index is -0.257. The number of hydrogen-bond donors (Lipinski definition) is 1. The number of unbranched alkanes of at least 4 members (excludes halogenated alkanes) is 1. The molecule has 20 heavy (non-hydrogen) atoms. The Bertz CT molecular complexity index is 415. The Morgan fingerprint density at radius 3 is 2.75 bits per heavy atom. The van der Waals surface area contributed by atoms with Crippen molar-refractivity contribution in [3.8, 4) is 0 Å². The molecule has 1 aromatic rings. The number of carbonyl (C=O) groups is 2. The summed E-state index contributed by atoms with van der Waals surface area (Å²) in [5.41, 5.74) is 0. The maximum absolute atomic E-state index is 12.1. The van der Waals surface area contributed by atoms with Gasteiger partial charge in [0, 0.05) is 19.0 Å². The van der Waals surface area contributed by atoms with E-state index in [1.54, 1.807) is 11.0 Å². The Labute approximate surface area is 119 Å². The molecule has 0 fully saturated rings. The van der Waals surface area contributed by atoms with Crippen molar-refractivity contribution in [3.63, 3.8) is 0 Å². The second kappa shape index (κ2) is 8.35. The van der Waals surface area contributed by atoms with Crippen molar-refractivity contribution in [1.82, 2.24) is 10.1 Å². The van der Waals surface area contributed by atoms with Crippen LogP contribution < -0.4 is 5.32 Å². The number of carbonyl (C=O) groups excluding carboxylic acids is 2. The molecule has 0 aliphatic carbocycles. The van der Waals surface area contributed by atoms with E-state index >= 15 is 0 Å². The molecular weight excluding hydrogens is 258 g/mol. The fourth-order valence-electron chi connectivity index (χ4n) is 1.75. The third-order valence-electron chi connectivity index (χ3n) is 2.76. The molecule has 1 rings (SSSR count). The molecule has 0 unspecified atom stereocenters. The van der Waals surface area contributed by atoms with Crippen molar-refractivity contribution < 1.29 is 14.1 Å². The van der Waals surface area contributed by atoms with E-state index in [1.807, 2.05) is 13.8 Å². The van der Waals surface area contributed by atoms with E-state index in [0.717, 1.165) is 12.8 Å². The van der Waals surface area contributed by atoms with Gasteiger partial charge in [0.15, 0.2) is 5.82 Å². The summed E-state index contributed by atoms with van der Waals surface area (Å²) < 4.78 is 4.64. The number of aromatic nitrogens is 1. The van der Waals surface area contributed by atoms with Crippen LogP contribution in [0.15, 0.2) is 16.9 Å². The fraction of sp³-hybridized carbons (Fsp3) is 0.643. The topological polar surface area (TPSA) is 75.4 Å². The molecule has 112 valence electrons. The number of nitrogens with one attached hydrogen (secondary N) is 1.